The highest BCUT2D eigenvalue weighted by Gasteiger charge is 2.14. The third-order valence-corrected chi connectivity index (χ3v) is 4.43. The summed E-state index contributed by atoms with van der Waals surface area (Å²) in [6.45, 7) is 3.46. The Morgan fingerprint density at radius 3 is 2.71 bits per heavy atom. The molecular formula is C17H16N2O4S. The number of rotatable bonds is 5. The van der Waals surface area contributed by atoms with E-state index in [4.69, 9.17) is 9.15 Å². The van der Waals surface area contributed by atoms with Crippen LogP contribution in [0.1, 0.15) is 17.1 Å². The summed E-state index contributed by atoms with van der Waals surface area (Å²) in [5.74, 6) is 0.608. The van der Waals surface area contributed by atoms with Crippen molar-refractivity contribution in [1.82, 2.24) is 9.55 Å². The fourth-order valence-electron chi connectivity index (χ4n) is 2.19. The number of thiazole rings is 1. The third-order valence-electron chi connectivity index (χ3n) is 3.55. The van der Waals surface area contributed by atoms with Crippen molar-refractivity contribution in [2.45, 2.75) is 27.0 Å². The fourth-order valence-corrected chi connectivity index (χ4v) is 2.92. The molecular weight excluding hydrogens is 328 g/mol. The van der Waals surface area contributed by atoms with Crippen LogP contribution in [0.5, 0.6) is 0 Å². The van der Waals surface area contributed by atoms with Crippen LogP contribution in [0.3, 0.4) is 0 Å². The van der Waals surface area contributed by atoms with Crippen molar-refractivity contribution in [3.05, 3.63) is 62.5 Å². The molecule has 2 aromatic heterocycles. The van der Waals surface area contributed by atoms with Crippen LogP contribution in [0, 0.1) is 13.8 Å². The van der Waals surface area contributed by atoms with E-state index in [0.29, 0.717) is 17.3 Å². The zero-order chi connectivity index (χ0) is 17.1. The summed E-state index contributed by atoms with van der Waals surface area (Å²) in [7, 11) is 0. The molecule has 3 aromatic rings. The highest BCUT2D eigenvalue weighted by molar-refractivity contribution is 7.07. The Morgan fingerprint density at radius 2 is 2.04 bits per heavy atom. The van der Waals surface area contributed by atoms with Crippen LogP contribution in [0.2, 0.25) is 0 Å². The maximum Gasteiger partial charge on any atom is 0.326 e. The van der Waals surface area contributed by atoms with Crippen LogP contribution < -0.4 is 4.87 Å². The zero-order valence-corrected chi connectivity index (χ0v) is 14.1. The van der Waals surface area contributed by atoms with Gasteiger partial charge >= 0.3 is 10.8 Å². The number of carbonyl (C=O) groups is 1. The SMILES string of the molecule is Cc1oc(-c2ccccc2)nc1COC(=O)Cn1c(C)csc1=O. The van der Waals surface area contributed by atoms with Crippen molar-refractivity contribution in [2.75, 3.05) is 0 Å². The molecule has 0 spiro atoms. The van der Waals surface area contributed by atoms with Crippen LogP contribution in [-0.2, 0) is 22.7 Å². The standard InChI is InChI=1S/C17H16N2O4S/c1-11-10-24-17(21)19(11)8-15(20)22-9-14-12(2)23-16(18-14)13-6-4-3-5-7-13/h3-7,10H,8-9H2,1-2H3. The van der Waals surface area contributed by atoms with Gasteiger partial charge in [-0.15, -0.1) is 0 Å². The maximum atomic E-state index is 11.9. The number of aromatic nitrogens is 2. The summed E-state index contributed by atoms with van der Waals surface area (Å²) in [5.41, 5.74) is 2.17. The Kier molecular flexibility index (Phi) is 4.61. The molecule has 2 heterocycles. The fraction of sp³-hybridized carbons (Fsp3) is 0.235. The second-order valence-electron chi connectivity index (χ2n) is 5.28. The van der Waals surface area contributed by atoms with E-state index in [0.717, 1.165) is 22.6 Å². The minimum Gasteiger partial charge on any atom is -0.458 e. The molecule has 0 N–H and O–H groups in total. The Hall–Kier alpha value is -2.67. The average Bonchev–Trinajstić information content (AvgIpc) is 3.11. The number of carbonyl (C=O) groups excluding carboxylic acids is 1. The van der Waals surface area contributed by atoms with E-state index in [1.54, 1.807) is 19.2 Å². The van der Waals surface area contributed by atoms with Gasteiger partial charge in [-0.1, -0.05) is 29.5 Å². The number of aryl methyl sites for hydroxylation is 2. The predicted molar refractivity (Wildman–Crippen MR) is 89.8 cm³/mol. The first-order chi connectivity index (χ1) is 11.5. The van der Waals surface area contributed by atoms with Crippen LogP contribution in [0.4, 0.5) is 0 Å². The molecule has 0 amide bonds. The molecule has 6 nitrogen and oxygen atoms in total. The first-order valence-electron chi connectivity index (χ1n) is 7.37. The van der Waals surface area contributed by atoms with Crippen molar-refractivity contribution in [3.63, 3.8) is 0 Å². The summed E-state index contributed by atoms with van der Waals surface area (Å²) in [5, 5.41) is 1.71. The average molecular weight is 344 g/mol. The van der Waals surface area contributed by atoms with Gasteiger partial charge in [-0.3, -0.25) is 14.2 Å². The monoisotopic (exact) mass is 344 g/mol. The summed E-state index contributed by atoms with van der Waals surface area (Å²) in [6, 6.07) is 9.50. The van der Waals surface area contributed by atoms with E-state index < -0.39 is 5.97 Å². The number of ether oxygens (including phenoxy) is 1. The molecule has 124 valence electrons. The Morgan fingerprint density at radius 1 is 1.29 bits per heavy atom. The minimum atomic E-state index is -0.484. The van der Waals surface area contributed by atoms with Crippen LogP contribution in [0.25, 0.3) is 11.5 Å². The van der Waals surface area contributed by atoms with Gasteiger partial charge in [-0.2, -0.15) is 0 Å². The largest absolute Gasteiger partial charge is 0.458 e. The number of hydrogen-bond donors (Lipinski definition) is 0. The van der Waals surface area contributed by atoms with Crippen molar-refractivity contribution in [2.24, 2.45) is 0 Å². The lowest BCUT2D eigenvalue weighted by Gasteiger charge is -2.05. The number of hydrogen-bond acceptors (Lipinski definition) is 6. The van der Waals surface area contributed by atoms with Gasteiger partial charge in [0.2, 0.25) is 5.89 Å². The highest BCUT2D eigenvalue weighted by Crippen LogP contribution is 2.21. The van der Waals surface area contributed by atoms with Crippen molar-refractivity contribution in [3.8, 4) is 11.5 Å². The molecule has 24 heavy (non-hydrogen) atoms. The van der Waals surface area contributed by atoms with Crippen LogP contribution >= 0.6 is 11.3 Å². The summed E-state index contributed by atoms with van der Waals surface area (Å²) in [4.78, 5) is 27.8. The van der Waals surface area contributed by atoms with Crippen molar-refractivity contribution < 1.29 is 13.9 Å². The molecule has 0 aliphatic rings. The van der Waals surface area contributed by atoms with Gasteiger partial charge in [0.05, 0.1) is 0 Å². The molecule has 1 aromatic carbocycles. The van der Waals surface area contributed by atoms with Crippen LogP contribution in [0.15, 0.2) is 44.9 Å². The molecule has 0 unspecified atom stereocenters. The molecule has 0 aliphatic heterocycles. The molecule has 0 saturated carbocycles. The molecule has 0 radical (unpaired) electrons. The van der Waals surface area contributed by atoms with E-state index in [1.165, 1.54) is 4.57 Å². The van der Waals surface area contributed by atoms with Gasteiger partial charge in [-0.05, 0) is 26.0 Å². The lowest BCUT2D eigenvalue weighted by Crippen LogP contribution is -2.22. The highest BCUT2D eigenvalue weighted by atomic mass is 32.1. The molecule has 0 fully saturated rings. The zero-order valence-electron chi connectivity index (χ0n) is 13.3. The van der Waals surface area contributed by atoms with Crippen molar-refractivity contribution >= 4 is 17.3 Å². The second kappa shape index (κ2) is 6.84. The van der Waals surface area contributed by atoms with E-state index >= 15 is 0 Å². The number of esters is 1. The van der Waals surface area contributed by atoms with Crippen LogP contribution in [-0.4, -0.2) is 15.5 Å². The summed E-state index contributed by atoms with van der Waals surface area (Å²) >= 11 is 1.06. The van der Waals surface area contributed by atoms with Gasteiger partial charge in [-0.25, -0.2) is 4.98 Å². The lowest BCUT2D eigenvalue weighted by molar-refractivity contribution is -0.145. The number of benzene rings is 1. The molecule has 0 bridgehead atoms. The van der Waals surface area contributed by atoms with E-state index in [-0.39, 0.29) is 18.0 Å². The van der Waals surface area contributed by atoms with E-state index in [9.17, 15) is 9.59 Å². The normalized spacial score (nSPS) is 10.8. The van der Waals surface area contributed by atoms with Gasteiger partial charge < -0.3 is 9.15 Å². The Labute approximate surface area is 142 Å². The molecule has 0 saturated heterocycles. The first kappa shape index (κ1) is 16.2. The molecule has 0 atom stereocenters. The third kappa shape index (κ3) is 3.46. The minimum absolute atomic E-state index is 0.0128. The van der Waals surface area contributed by atoms with Gasteiger partial charge in [0.1, 0.15) is 24.6 Å². The van der Waals surface area contributed by atoms with E-state index in [2.05, 4.69) is 4.98 Å². The number of nitrogens with zero attached hydrogens (tertiary/aromatic N) is 2. The smallest absolute Gasteiger partial charge is 0.326 e. The van der Waals surface area contributed by atoms with Crippen molar-refractivity contribution in [1.29, 1.82) is 0 Å². The van der Waals surface area contributed by atoms with Gasteiger partial charge in [0, 0.05) is 16.6 Å². The lowest BCUT2D eigenvalue weighted by atomic mass is 10.2. The molecule has 3 rings (SSSR count). The molecule has 7 heteroatoms. The Bertz CT molecular complexity index is 908. The number of oxazole rings is 1. The van der Waals surface area contributed by atoms with E-state index in [1.807, 2.05) is 30.3 Å². The Balaban J connectivity index is 1.66. The summed E-state index contributed by atoms with van der Waals surface area (Å²) in [6.07, 6.45) is 0. The topological polar surface area (TPSA) is 74.3 Å². The second-order valence-corrected chi connectivity index (χ2v) is 6.10. The summed E-state index contributed by atoms with van der Waals surface area (Å²) < 4.78 is 12.2. The van der Waals surface area contributed by atoms with Gasteiger partial charge in [0.15, 0.2) is 0 Å². The quantitative estimate of drug-likeness (QED) is 0.665. The first-order valence-corrected chi connectivity index (χ1v) is 8.25. The molecule has 0 aliphatic carbocycles. The maximum absolute atomic E-state index is 11.9. The predicted octanol–water partition coefficient (Wildman–Crippen LogP) is 2.93. The van der Waals surface area contributed by atoms with Gasteiger partial charge in [0.25, 0.3) is 0 Å².